The highest BCUT2D eigenvalue weighted by Gasteiger charge is 2.49. The molecule has 1 heterocycles. The lowest BCUT2D eigenvalue weighted by Crippen LogP contribution is -2.41. The molecule has 7 nitrogen and oxygen atoms in total. The Kier molecular flexibility index (Phi) is 5.73. The normalized spacial score (nSPS) is 19.1. The molecule has 0 bridgehead atoms. The number of anilines is 1. The maximum absolute atomic E-state index is 11.8. The molecule has 1 aromatic rings. The quantitative estimate of drug-likeness (QED) is 0.636. The minimum absolute atomic E-state index is 0.0252. The second-order valence-electron chi connectivity index (χ2n) is 6.91. The van der Waals surface area contributed by atoms with Gasteiger partial charge in [-0.25, -0.2) is 9.59 Å². The van der Waals surface area contributed by atoms with Gasteiger partial charge >= 0.3 is 11.9 Å². The molecule has 0 radical (unpaired) electrons. The van der Waals surface area contributed by atoms with E-state index in [0.29, 0.717) is 5.69 Å². The molecule has 1 fully saturated rings. The molecule has 0 atom stereocenters. The van der Waals surface area contributed by atoms with Gasteiger partial charge in [0.15, 0.2) is 6.29 Å². The standard InChI is InChI=1S/C19H25NO6/c1-18(2)19(3,4)26-17(25-18)12-7-9-13(10-8-12)20-14(16(22)24-6)11-15(21)23-5/h7-11,17,20H,1-6H3/b14-11+. The van der Waals surface area contributed by atoms with E-state index in [1.165, 1.54) is 14.2 Å². The van der Waals surface area contributed by atoms with Crippen LogP contribution in [0, 0.1) is 0 Å². The fourth-order valence-corrected chi connectivity index (χ4v) is 2.29. The second kappa shape index (κ2) is 7.47. The Hall–Kier alpha value is -2.38. The molecule has 0 aromatic heterocycles. The van der Waals surface area contributed by atoms with Crippen LogP contribution in [-0.2, 0) is 28.5 Å². The summed E-state index contributed by atoms with van der Waals surface area (Å²) >= 11 is 0. The zero-order valence-corrected chi connectivity index (χ0v) is 15.9. The number of nitrogens with one attached hydrogen (secondary N) is 1. The van der Waals surface area contributed by atoms with Crippen LogP contribution in [0.4, 0.5) is 5.69 Å². The molecule has 0 spiro atoms. The molecule has 0 unspecified atom stereocenters. The van der Waals surface area contributed by atoms with Crippen molar-refractivity contribution in [1.82, 2.24) is 0 Å². The van der Waals surface area contributed by atoms with Crippen molar-refractivity contribution in [3.05, 3.63) is 41.6 Å². The van der Waals surface area contributed by atoms with Crippen LogP contribution in [0.2, 0.25) is 0 Å². The summed E-state index contributed by atoms with van der Waals surface area (Å²) in [5, 5.41) is 2.85. The van der Waals surface area contributed by atoms with Gasteiger partial charge in [-0.05, 0) is 39.8 Å². The number of methoxy groups -OCH3 is 2. The molecule has 1 aliphatic rings. The smallest absolute Gasteiger partial charge is 0.354 e. The predicted molar refractivity (Wildman–Crippen MR) is 95.2 cm³/mol. The van der Waals surface area contributed by atoms with Crippen molar-refractivity contribution in [3.8, 4) is 0 Å². The third-order valence-electron chi connectivity index (χ3n) is 4.58. The van der Waals surface area contributed by atoms with Gasteiger partial charge in [-0.1, -0.05) is 12.1 Å². The topological polar surface area (TPSA) is 83.1 Å². The Morgan fingerprint density at radius 2 is 1.54 bits per heavy atom. The number of esters is 2. The zero-order chi connectivity index (χ0) is 19.5. The molecular weight excluding hydrogens is 338 g/mol. The van der Waals surface area contributed by atoms with Crippen LogP contribution in [0.3, 0.4) is 0 Å². The minimum atomic E-state index is -0.676. The van der Waals surface area contributed by atoms with Gasteiger partial charge in [0.1, 0.15) is 5.70 Å². The molecule has 1 aromatic carbocycles. The molecule has 0 saturated carbocycles. The van der Waals surface area contributed by atoms with E-state index in [1.54, 1.807) is 12.1 Å². The van der Waals surface area contributed by atoms with E-state index in [1.807, 2.05) is 39.8 Å². The van der Waals surface area contributed by atoms with Crippen molar-refractivity contribution < 1.29 is 28.5 Å². The van der Waals surface area contributed by atoms with Crippen molar-refractivity contribution in [3.63, 3.8) is 0 Å². The Morgan fingerprint density at radius 3 is 2.00 bits per heavy atom. The van der Waals surface area contributed by atoms with Crippen molar-refractivity contribution in [2.45, 2.75) is 45.2 Å². The summed E-state index contributed by atoms with van der Waals surface area (Å²) in [6.45, 7) is 7.96. The summed E-state index contributed by atoms with van der Waals surface area (Å²) in [7, 11) is 2.46. The van der Waals surface area contributed by atoms with E-state index in [9.17, 15) is 9.59 Å². The van der Waals surface area contributed by atoms with Crippen LogP contribution in [0.1, 0.15) is 39.5 Å². The molecule has 0 aliphatic carbocycles. The number of benzene rings is 1. The highest BCUT2D eigenvalue weighted by atomic mass is 16.7. The van der Waals surface area contributed by atoms with E-state index < -0.39 is 29.4 Å². The average molecular weight is 363 g/mol. The molecule has 7 heteroatoms. The van der Waals surface area contributed by atoms with E-state index in [2.05, 4.69) is 14.8 Å². The van der Waals surface area contributed by atoms with Gasteiger partial charge in [0.2, 0.25) is 0 Å². The molecule has 1 N–H and O–H groups in total. The van der Waals surface area contributed by atoms with Gasteiger partial charge in [-0.2, -0.15) is 0 Å². The number of rotatable bonds is 5. The zero-order valence-electron chi connectivity index (χ0n) is 15.9. The first kappa shape index (κ1) is 19.9. The summed E-state index contributed by atoms with van der Waals surface area (Å²) < 4.78 is 21.2. The third-order valence-corrected chi connectivity index (χ3v) is 4.58. The van der Waals surface area contributed by atoms with Gasteiger partial charge in [0.05, 0.1) is 31.5 Å². The van der Waals surface area contributed by atoms with E-state index >= 15 is 0 Å². The summed E-state index contributed by atoms with van der Waals surface area (Å²) in [5.41, 5.74) is 0.588. The van der Waals surface area contributed by atoms with Crippen LogP contribution >= 0.6 is 0 Å². The molecule has 1 aliphatic heterocycles. The van der Waals surface area contributed by atoms with E-state index in [-0.39, 0.29) is 5.70 Å². The summed E-state index contributed by atoms with van der Waals surface area (Å²) in [4.78, 5) is 23.2. The number of ether oxygens (including phenoxy) is 4. The predicted octanol–water partition coefficient (Wildman–Crippen LogP) is 2.93. The molecule has 142 valence electrons. The fraction of sp³-hybridized carbons (Fsp3) is 0.474. The Labute approximate surface area is 153 Å². The minimum Gasteiger partial charge on any atom is -0.466 e. The van der Waals surface area contributed by atoms with Crippen molar-refractivity contribution >= 4 is 17.6 Å². The fourth-order valence-electron chi connectivity index (χ4n) is 2.29. The van der Waals surface area contributed by atoms with Crippen LogP contribution in [0.15, 0.2) is 36.0 Å². The molecule has 1 saturated heterocycles. The van der Waals surface area contributed by atoms with E-state index in [4.69, 9.17) is 9.47 Å². The average Bonchev–Trinajstić information content (AvgIpc) is 2.81. The van der Waals surface area contributed by atoms with Crippen molar-refractivity contribution in [1.29, 1.82) is 0 Å². The molecule has 2 rings (SSSR count). The Balaban J connectivity index is 2.15. The highest BCUT2D eigenvalue weighted by Crippen LogP contribution is 2.44. The molecule has 0 amide bonds. The lowest BCUT2D eigenvalue weighted by molar-refractivity contribution is -0.138. The van der Waals surface area contributed by atoms with Crippen LogP contribution in [0.25, 0.3) is 0 Å². The van der Waals surface area contributed by atoms with Gasteiger partial charge in [0.25, 0.3) is 0 Å². The molecular formula is C19H25NO6. The van der Waals surface area contributed by atoms with Gasteiger partial charge in [0, 0.05) is 11.3 Å². The largest absolute Gasteiger partial charge is 0.466 e. The Morgan fingerprint density at radius 1 is 1.00 bits per heavy atom. The SMILES string of the molecule is COC(=O)/C=C(/Nc1ccc(C2OC(C)(C)C(C)(C)O2)cc1)C(=O)OC. The first-order valence-corrected chi connectivity index (χ1v) is 8.20. The van der Waals surface area contributed by atoms with Gasteiger partial charge < -0.3 is 24.3 Å². The summed E-state index contributed by atoms with van der Waals surface area (Å²) in [5.74, 6) is -1.34. The van der Waals surface area contributed by atoms with Crippen LogP contribution < -0.4 is 5.32 Å². The molecule has 26 heavy (non-hydrogen) atoms. The first-order valence-electron chi connectivity index (χ1n) is 8.20. The van der Waals surface area contributed by atoms with E-state index in [0.717, 1.165) is 11.6 Å². The van der Waals surface area contributed by atoms with Crippen LogP contribution in [-0.4, -0.2) is 37.4 Å². The summed E-state index contributed by atoms with van der Waals surface area (Å²) in [6.07, 6.45) is 0.563. The summed E-state index contributed by atoms with van der Waals surface area (Å²) in [6, 6.07) is 7.18. The first-order chi connectivity index (χ1) is 12.1. The number of hydrogen-bond donors (Lipinski definition) is 1. The van der Waals surface area contributed by atoms with Gasteiger partial charge in [-0.3, -0.25) is 0 Å². The number of hydrogen-bond acceptors (Lipinski definition) is 7. The van der Waals surface area contributed by atoms with Crippen molar-refractivity contribution in [2.24, 2.45) is 0 Å². The maximum Gasteiger partial charge on any atom is 0.354 e. The highest BCUT2D eigenvalue weighted by molar-refractivity contribution is 5.98. The lowest BCUT2D eigenvalue weighted by atomic mass is 9.90. The lowest BCUT2D eigenvalue weighted by Gasteiger charge is -2.30. The maximum atomic E-state index is 11.8. The second-order valence-corrected chi connectivity index (χ2v) is 6.91. The number of carbonyl (C=O) groups excluding carboxylic acids is 2. The van der Waals surface area contributed by atoms with Gasteiger partial charge in [-0.15, -0.1) is 0 Å². The Bertz CT molecular complexity index is 689. The third kappa shape index (κ3) is 4.23. The monoisotopic (exact) mass is 363 g/mol. The van der Waals surface area contributed by atoms with Crippen molar-refractivity contribution in [2.75, 3.05) is 19.5 Å². The van der Waals surface area contributed by atoms with Crippen LogP contribution in [0.5, 0.6) is 0 Å². The number of carbonyl (C=O) groups is 2.